The van der Waals surface area contributed by atoms with Crippen LogP contribution in [0.1, 0.15) is 228 Å². The average molecular weight is 905 g/mol. The number of carbonyl (C=O) groups is 2. The van der Waals surface area contributed by atoms with Gasteiger partial charge in [0.1, 0.15) is 13.3 Å². The lowest BCUT2D eigenvalue weighted by Gasteiger charge is -2.36. The summed E-state index contributed by atoms with van der Waals surface area (Å²) in [5, 5.41) is 3.40. The smallest absolute Gasteiger partial charge is 0.306 e. The normalized spacial score (nSPS) is 12.8. The van der Waals surface area contributed by atoms with Crippen molar-refractivity contribution in [3.05, 3.63) is 0 Å². The van der Waals surface area contributed by atoms with E-state index in [1.54, 1.807) is 0 Å². The molecule has 0 amide bonds. The number of unbranched alkanes of at least 4 members (excludes halogenated alkanes) is 24. The Hall–Kier alpha value is -0.910. The van der Waals surface area contributed by atoms with E-state index in [0.717, 1.165) is 38.5 Å². The fourth-order valence-corrected chi connectivity index (χ4v) is 9.12. The van der Waals surface area contributed by atoms with Gasteiger partial charge in [0.15, 0.2) is 14.6 Å². The Morgan fingerprint density at radius 2 is 0.855 bits per heavy atom. The van der Waals surface area contributed by atoms with Crippen molar-refractivity contribution in [1.29, 1.82) is 0 Å². The van der Waals surface area contributed by atoms with E-state index in [9.17, 15) is 9.59 Å². The van der Waals surface area contributed by atoms with Crippen LogP contribution in [0.5, 0.6) is 0 Å². The molecule has 370 valence electrons. The number of carbonyl (C=O) groups excluding carboxylic acids is 2. The summed E-state index contributed by atoms with van der Waals surface area (Å²) in [6, 6.07) is 0.661. The highest BCUT2D eigenvalue weighted by molar-refractivity contribution is 7.47. The second-order valence-corrected chi connectivity index (χ2v) is 19.1. The molecule has 0 aliphatic rings. The van der Waals surface area contributed by atoms with Crippen LogP contribution in [0.4, 0.5) is 0 Å². The first kappa shape index (κ1) is 61.1. The summed E-state index contributed by atoms with van der Waals surface area (Å²) in [6.07, 6.45) is 32.8. The highest BCUT2D eigenvalue weighted by atomic mass is 31.2. The van der Waals surface area contributed by atoms with Crippen LogP contribution in [-0.2, 0) is 42.5 Å². The summed E-state index contributed by atoms with van der Waals surface area (Å²) in [4.78, 5) is 25.4. The lowest BCUT2D eigenvalue weighted by molar-refractivity contribution is -0.163. The molecule has 1 N–H and O–H groups in total. The molecule has 62 heavy (non-hydrogen) atoms. The van der Waals surface area contributed by atoms with Crippen molar-refractivity contribution in [2.75, 3.05) is 66.2 Å². The van der Waals surface area contributed by atoms with Gasteiger partial charge in [-0.3, -0.25) is 9.59 Å². The lowest BCUT2D eigenvalue weighted by atomic mass is 10.0. The molecule has 0 aromatic heterocycles. The Kier molecular flexibility index (Phi) is 47.3. The first-order valence-electron chi connectivity index (χ1n) is 25.9. The molecule has 0 saturated carbocycles. The quantitative estimate of drug-likeness (QED) is 0.0272. The maximum absolute atomic E-state index is 12.8. The number of nitrogens with zero attached hydrogens (tertiary/aromatic N) is 1. The zero-order valence-electron chi connectivity index (χ0n) is 41.7. The second-order valence-electron chi connectivity index (χ2n) is 17.5. The van der Waals surface area contributed by atoms with E-state index in [1.807, 2.05) is 6.92 Å². The van der Waals surface area contributed by atoms with Crippen LogP contribution in [0.2, 0.25) is 0 Å². The molecular formula is C50H101N2O9P. The molecule has 0 saturated heterocycles. The van der Waals surface area contributed by atoms with Crippen molar-refractivity contribution in [3.8, 4) is 0 Å². The number of ether oxygens (including phenoxy) is 6. The zero-order valence-corrected chi connectivity index (χ0v) is 42.6. The van der Waals surface area contributed by atoms with E-state index >= 15 is 0 Å². The van der Waals surface area contributed by atoms with Crippen LogP contribution < -0.4 is 5.09 Å². The lowest BCUT2D eigenvalue weighted by Crippen LogP contribution is -2.37. The predicted octanol–water partition coefficient (Wildman–Crippen LogP) is 13.4. The molecule has 0 aliphatic carbocycles. The van der Waals surface area contributed by atoms with Gasteiger partial charge in [-0.2, -0.15) is 0 Å². The third kappa shape index (κ3) is 41.8. The monoisotopic (exact) mass is 905 g/mol. The second kappa shape index (κ2) is 48.0. The van der Waals surface area contributed by atoms with E-state index in [2.05, 4.69) is 51.3 Å². The summed E-state index contributed by atoms with van der Waals surface area (Å²) in [6.45, 7) is 19.0. The molecule has 0 heterocycles. The predicted molar refractivity (Wildman–Crippen MR) is 259 cm³/mol. The van der Waals surface area contributed by atoms with Gasteiger partial charge in [0.25, 0.3) is 0 Å². The molecule has 0 fully saturated rings. The van der Waals surface area contributed by atoms with Crippen molar-refractivity contribution in [1.82, 2.24) is 9.76 Å². The molecule has 0 aromatic carbocycles. The van der Waals surface area contributed by atoms with Crippen LogP contribution in [-0.4, -0.2) is 101 Å². The fourth-order valence-electron chi connectivity index (χ4n) is 7.44. The Morgan fingerprint density at radius 3 is 1.27 bits per heavy atom. The van der Waals surface area contributed by atoms with E-state index in [4.69, 9.17) is 32.9 Å². The number of nitrogens with one attached hydrogen (secondary N) is 1. The van der Waals surface area contributed by atoms with Crippen LogP contribution in [0.25, 0.3) is 0 Å². The average Bonchev–Trinajstić information content (AvgIpc) is 3.24. The first-order chi connectivity index (χ1) is 30.3. The number of hydrogen-bond donors (Lipinski definition) is 1. The van der Waals surface area contributed by atoms with Crippen molar-refractivity contribution in [2.45, 2.75) is 246 Å². The topological polar surface area (TPSA) is 114 Å². The van der Waals surface area contributed by atoms with Gasteiger partial charge in [-0.05, 0) is 47.5 Å². The Labute approximate surface area is 384 Å². The largest absolute Gasteiger partial charge is 0.462 e. The van der Waals surface area contributed by atoms with Gasteiger partial charge in [0.05, 0.1) is 46.2 Å². The summed E-state index contributed by atoms with van der Waals surface area (Å²) < 4.78 is 42.7. The minimum atomic E-state index is -1.02. The summed E-state index contributed by atoms with van der Waals surface area (Å²) in [5.74, 6) is -0.500. The van der Waals surface area contributed by atoms with Gasteiger partial charge in [0, 0.05) is 31.5 Å². The van der Waals surface area contributed by atoms with Crippen LogP contribution in [0, 0.1) is 0 Å². The Balaban J connectivity index is 4.46. The Bertz CT molecular complexity index is 940. The number of esters is 2. The van der Waals surface area contributed by atoms with Gasteiger partial charge < -0.3 is 32.9 Å². The van der Waals surface area contributed by atoms with Crippen LogP contribution >= 0.6 is 8.45 Å². The first-order valence-corrected chi connectivity index (χ1v) is 27.1. The molecule has 1 unspecified atom stereocenters. The maximum atomic E-state index is 12.8. The minimum Gasteiger partial charge on any atom is -0.462 e. The molecule has 0 radical (unpaired) electrons. The summed E-state index contributed by atoms with van der Waals surface area (Å²) in [5.41, 5.74) is 0. The van der Waals surface area contributed by atoms with Gasteiger partial charge in [-0.15, -0.1) is 0 Å². The summed E-state index contributed by atoms with van der Waals surface area (Å²) >= 11 is 0. The van der Waals surface area contributed by atoms with E-state index in [0.29, 0.717) is 77.9 Å². The zero-order chi connectivity index (χ0) is 45.6. The third-order valence-corrected chi connectivity index (χ3v) is 13.1. The van der Waals surface area contributed by atoms with E-state index in [-0.39, 0.29) is 25.2 Å². The van der Waals surface area contributed by atoms with Crippen LogP contribution in [0.15, 0.2) is 0 Å². The summed E-state index contributed by atoms with van der Waals surface area (Å²) in [7, 11) is -1.02. The highest BCUT2D eigenvalue weighted by Crippen LogP contribution is 2.40. The molecule has 0 bridgehead atoms. The van der Waals surface area contributed by atoms with Crippen molar-refractivity contribution >= 4 is 20.4 Å². The molecule has 11 nitrogen and oxygen atoms in total. The molecule has 12 heteroatoms. The van der Waals surface area contributed by atoms with Crippen molar-refractivity contribution in [3.63, 3.8) is 0 Å². The third-order valence-electron chi connectivity index (χ3n) is 11.0. The van der Waals surface area contributed by atoms with Crippen molar-refractivity contribution in [2.24, 2.45) is 0 Å². The van der Waals surface area contributed by atoms with Gasteiger partial charge in [-0.1, -0.05) is 168 Å². The molecule has 0 spiro atoms. The molecule has 0 rings (SSSR count). The van der Waals surface area contributed by atoms with Gasteiger partial charge >= 0.3 is 11.9 Å². The SMILES string of the molecule is CCCCCCCCCCCCCCCC(=O)OC[C@H](COCCOCCOCCOP(NCOCC)N(C(C)C)C(C)C)OC(=O)CCCCCCCCCCCCCCC. The van der Waals surface area contributed by atoms with Gasteiger partial charge in [-0.25, -0.2) is 9.76 Å². The standard InChI is InChI=1S/C50H101N2O9P/c1-8-11-13-15-17-19-21-23-25-27-29-31-33-35-49(53)59-44-48(61-50(54)36-34-32-30-28-26-24-22-20-18-16-14-12-9-2)43-58-40-39-56-37-38-57-41-42-60-62(51-45-55-10-3)52(46(4)5)47(6)7/h46-48,51H,8-45H2,1-7H3/t48-,62?/m0/s1. The number of rotatable bonds is 50. The van der Waals surface area contributed by atoms with Crippen LogP contribution in [0.3, 0.4) is 0 Å². The number of hydrogen-bond acceptors (Lipinski definition) is 11. The molecule has 0 aliphatic heterocycles. The molecule has 0 aromatic rings. The fraction of sp³-hybridized carbons (Fsp3) is 0.960. The highest BCUT2D eigenvalue weighted by Gasteiger charge is 2.25. The Morgan fingerprint density at radius 1 is 0.468 bits per heavy atom. The van der Waals surface area contributed by atoms with E-state index < -0.39 is 14.6 Å². The van der Waals surface area contributed by atoms with E-state index in [1.165, 1.54) is 128 Å². The molecule has 2 atom stereocenters. The van der Waals surface area contributed by atoms with Gasteiger partial charge in [0.2, 0.25) is 0 Å². The minimum absolute atomic E-state index is 0.00776. The maximum Gasteiger partial charge on any atom is 0.306 e. The van der Waals surface area contributed by atoms with Crippen molar-refractivity contribution < 1.29 is 42.5 Å². The molecular weight excluding hydrogens is 804 g/mol.